The number of nitrogens with zero attached hydrogens (tertiary/aromatic N) is 4. The van der Waals surface area contributed by atoms with Gasteiger partial charge >= 0.3 is 5.97 Å². The maximum atomic E-state index is 11.5. The van der Waals surface area contributed by atoms with Crippen molar-refractivity contribution >= 4 is 28.6 Å². The molecule has 2 aromatic rings. The molecule has 2 aliphatic heterocycles. The quantitative estimate of drug-likeness (QED) is 0.926. The van der Waals surface area contributed by atoms with Gasteiger partial charge in [0.05, 0.1) is 17.0 Å². The second-order valence-corrected chi connectivity index (χ2v) is 7.03. The van der Waals surface area contributed by atoms with Gasteiger partial charge in [0.1, 0.15) is 0 Å². The maximum absolute atomic E-state index is 11.5. The fourth-order valence-corrected chi connectivity index (χ4v) is 3.88. The molecule has 132 valence electrons. The fraction of sp³-hybridized carbons (Fsp3) is 0.526. The molecule has 0 aliphatic carbocycles. The predicted molar refractivity (Wildman–Crippen MR) is 98.2 cm³/mol. The van der Waals surface area contributed by atoms with Crippen LogP contribution in [0.5, 0.6) is 0 Å². The highest BCUT2D eigenvalue weighted by atomic mass is 16.4. The van der Waals surface area contributed by atoms with Crippen molar-refractivity contribution in [2.75, 3.05) is 36.0 Å². The standard InChI is InChI=1S/C19H24N4O2/c24-19(25)14-7-6-12-23(13-14)18-17(22-10-4-1-5-11-22)20-15-8-2-3-9-16(15)21-18/h2-3,8-9,14H,1,4-7,10-13H2,(H,24,25). The second kappa shape index (κ2) is 6.86. The number of hydrogen-bond acceptors (Lipinski definition) is 5. The van der Waals surface area contributed by atoms with Crippen LogP contribution in [0.4, 0.5) is 11.6 Å². The van der Waals surface area contributed by atoms with Gasteiger partial charge in [-0.2, -0.15) is 0 Å². The van der Waals surface area contributed by atoms with Gasteiger partial charge < -0.3 is 14.9 Å². The van der Waals surface area contributed by atoms with E-state index >= 15 is 0 Å². The van der Waals surface area contributed by atoms with Crippen LogP contribution in [0.15, 0.2) is 24.3 Å². The van der Waals surface area contributed by atoms with E-state index in [1.54, 1.807) is 0 Å². The molecule has 6 nitrogen and oxygen atoms in total. The largest absolute Gasteiger partial charge is 0.481 e. The Bertz CT molecular complexity index is 773. The highest BCUT2D eigenvalue weighted by Gasteiger charge is 2.29. The van der Waals surface area contributed by atoms with E-state index in [1.165, 1.54) is 19.3 Å². The number of piperidine rings is 2. The molecule has 0 spiro atoms. The summed E-state index contributed by atoms with van der Waals surface area (Å²) in [6.45, 7) is 3.35. The molecule has 6 heteroatoms. The molecule has 3 heterocycles. The molecule has 2 saturated heterocycles. The number of carboxylic acids is 1. The Hall–Kier alpha value is -2.37. The summed E-state index contributed by atoms with van der Waals surface area (Å²) in [7, 11) is 0. The zero-order valence-electron chi connectivity index (χ0n) is 14.4. The summed E-state index contributed by atoms with van der Waals surface area (Å²) in [5, 5.41) is 9.42. The number of benzene rings is 1. The molecule has 0 radical (unpaired) electrons. The minimum Gasteiger partial charge on any atom is -0.481 e. The zero-order chi connectivity index (χ0) is 17.2. The number of carbonyl (C=O) groups is 1. The van der Waals surface area contributed by atoms with Crippen LogP contribution in [-0.2, 0) is 4.79 Å². The van der Waals surface area contributed by atoms with Crippen molar-refractivity contribution in [2.24, 2.45) is 5.92 Å². The topological polar surface area (TPSA) is 69.6 Å². The lowest BCUT2D eigenvalue weighted by atomic mass is 9.98. The molecule has 1 unspecified atom stereocenters. The number of hydrogen-bond donors (Lipinski definition) is 1. The zero-order valence-corrected chi connectivity index (χ0v) is 14.4. The van der Waals surface area contributed by atoms with E-state index in [-0.39, 0.29) is 5.92 Å². The van der Waals surface area contributed by atoms with E-state index in [0.717, 1.165) is 55.1 Å². The molecule has 4 rings (SSSR count). The minimum atomic E-state index is -0.710. The molecule has 1 N–H and O–H groups in total. The second-order valence-electron chi connectivity index (χ2n) is 7.03. The van der Waals surface area contributed by atoms with Gasteiger partial charge in [0.2, 0.25) is 0 Å². The Balaban J connectivity index is 1.75. The Labute approximate surface area is 147 Å². The minimum absolute atomic E-state index is 0.323. The van der Waals surface area contributed by atoms with Crippen molar-refractivity contribution in [3.05, 3.63) is 24.3 Å². The summed E-state index contributed by atoms with van der Waals surface area (Å²) in [6.07, 6.45) is 5.23. The summed E-state index contributed by atoms with van der Waals surface area (Å²) in [4.78, 5) is 25.7. The summed E-state index contributed by atoms with van der Waals surface area (Å²) in [6, 6.07) is 7.93. The van der Waals surface area contributed by atoms with Crippen LogP contribution in [-0.4, -0.2) is 47.2 Å². The predicted octanol–water partition coefficient (Wildman–Crippen LogP) is 2.92. The number of aromatic nitrogens is 2. The average molecular weight is 340 g/mol. The monoisotopic (exact) mass is 340 g/mol. The number of aliphatic carboxylic acids is 1. The number of carboxylic acid groups (broad SMARTS) is 1. The third kappa shape index (κ3) is 3.25. The van der Waals surface area contributed by atoms with Gasteiger partial charge in [0.25, 0.3) is 0 Å². The van der Waals surface area contributed by atoms with E-state index in [9.17, 15) is 9.90 Å². The highest BCUT2D eigenvalue weighted by Crippen LogP contribution is 2.32. The van der Waals surface area contributed by atoms with Crippen LogP contribution in [0.3, 0.4) is 0 Å². The molecule has 0 amide bonds. The van der Waals surface area contributed by atoms with Gasteiger partial charge in [0.15, 0.2) is 11.6 Å². The summed E-state index contributed by atoms with van der Waals surface area (Å²) in [5.74, 6) is 0.741. The van der Waals surface area contributed by atoms with Crippen LogP contribution < -0.4 is 9.80 Å². The summed E-state index contributed by atoms with van der Waals surface area (Å²) in [5.41, 5.74) is 1.77. The van der Waals surface area contributed by atoms with Gasteiger partial charge in [-0.25, -0.2) is 9.97 Å². The molecule has 0 saturated carbocycles. The Morgan fingerprint density at radius 1 is 0.920 bits per heavy atom. The Morgan fingerprint density at radius 3 is 2.16 bits per heavy atom. The molecule has 1 atom stereocenters. The first kappa shape index (κ1) is 16.1. The highest BCUT2D eigenvalue weighted by molar-refractivity contribution is 5.81. The molecular weight excluding hydrogens is 316 g/mol. The molecule has 1 aromatic carbocycles. The molecule has 1 aromatic heterocycles. The van der Waals surface area contributed by atoms with Gasteiger partial charge in [-0.15, -0.1) is 0 Å². The van der Waals surface area contributed by atoms with Gasteiger partial charge in [-0.05, 0) is 44.2 Å². The molecule has 0 bridgehead atoms. The fourth-order valence-electron chi connectivity index (χ4n) is 3.88. The number of anilines is 2. The number of rotatable bonds is 3. The molecular formula is C19H24N4O2. The maximum Gasteiger partial charge on any atom is 0.308 e. The lowest BCUT2D eigenvalue weighted by molar-refractivity contribution is -0.141. The van der Waals surface area contributed by atoms with Crippen LogP contribution in [0.25, 0.3) is 11.0 Å². The van der Waals surface area contributed by atoms with E-state index in [1.807, 2.05) is 24.3 Å². The molecule has 2 fully saturated rings. The first-order valence-corrected chi connectivity index (χ1v) is 9.22. The Morgan fingerprint density at radius 2 is 1.52 bits per heavy atom. The van der Waals surface area contributed by atoms with Crippen LogP contribution in [0, 0.1) is 5.92 Å². The van der Waals surface area contributed by atoms with Crippen molar-refractivity contribution in [1.29, 1.82) is 0 Å². The van der Waals surface area contributed by atoms with Gasteiger partial charge in [0, 0.05) is 26.2 Å². The van der Waals surface area contributed by atoms with E-state index in [0.29, 0.717) is 6.54 Å². The van der Waals surface area contributed by atoms with Gasteiger partial charge in [-0.1, -0.05) is 12.1 Å². The third-order valence-electron chi connectivity index (χ3n) is 5.26. The van der Waals surface area contributed by atoms with Crippen LogP contribution in [0.1, 0.15) is 32.1 Å². The summed E-state index contributed by atoms with van der Waals surface area (Å²) < 4.78 is 0. The van der Waals surface area contributed by atoms with E-state index in [4.69, 9.17) is 9.97 Å². The summed E-state index contributed by atoms with van der Waals surface area (Å²) >= 11 is 0. The van der Waals surface area contributed by atoms with Crippen molar-refractivity contribution in [1.82, 2.24) is 9.97 Å². The first-order chi connectivity index (χ1) is 12.2. The molecule has 2 aliphatic rings. The average Bonchev–Trinajstić information content (AvgIpc) is 2.67. The first-order valence-electron chi connectivity index (χ1n) is 9.22. The van der Waals surface area contributed by atoms with Crippen LogP contribution >= 0.6 is 0 Å². The van der Waals surface area contributed by atoms with Crippen molar-refractivity contribution < 1.29 is 9.90 Å². The van der Waals surface area contributed by atoms with Crippen LogP contribution in [0.2, 0.25) is 0 Å². The smallest absolute Gasteiger partial charge is 0.308 e. The van der Waals surface area contributed by atoms with Crippen molar-refractivity contribution in [3.8, 4) is 0 Å². The third-order valence-corrected chi connectivity index (χ3v) is 5.26. The lowest BCUT2D eigenvalue weighted by Gasteiger charge is -2.36. The normalized spacial score (nSPS) is 21.5. The number of para-hydroxylation sites is 2. The molecule has 25 heavy (non-hydrogen) atoms. The van der Waals surface area contributed by atoms with E-state index in [2.05, 4.69) is 9.80 Å². The number of fused-ring (bicyclic) bond motifs is 1. The van der Waals surface area contributed by atoms with Crippen molar-refractivity contribution in [2.45, 2.75) is 32.1 Å². The van der Waals surface area contributed by atoms with Crippen molar-refractivity contribution in [3.63, 3.8) is 0 Å². The lowest BCUT2D eigenvalue weighted by Crippen LogP contribution is -2.41. The Kier molecular flexibility index (Phi) is 4.42. The van der Waals surface area contributed by atoms with Gasteiger partial charge in [-0.3, -0.25) is 4.79 Å². The SMILES string of the molecule is O=C(O)C1CCCN(c2nc3ccccc3nc2N2CCCCC2)C1. The van der Waals surface area contributed by atoms with E-state index < -0.39 is 5.97 Å².